The van der Waals surface area contributed by atoms with Gasteiger partial charge in [0.1, 0.15) is 0 Å². The van der Waals surface area contributed by atoms with Crippen molar-refractivity contribution in [3.8, 4) is 0 Å². The summed E-state index contributed by atoms with van der Waals surface area (Å²) in [5.41, 5.74) is 3.49. The van der Waals surface area contributed by atoms with Gasteiger partial charge < -0.3 is 14.4 Å². The normalized spacial score (nSPS) is 27.2. The van der Waals surface area contributed by atoms with E-state index in [-0.39, 0.29) is 23.7 Å². The van der Waals surface area contributed by atoms with Crippen molar-refractivity contribution in [1.82, 2.24) is 9.88 Å². The van der Waals surface area contributed by atoms with Gasteiger partial charge in [0.25, 0.3) is 5.91 Å². The third kappa shape index (κ3) is 3.11. The molecule has 1 saturated carbocycles. The summed E-state index contributed by atoms with van der Waals surface area (Å²) < 4.78 is 11.6. The zero-order chi connectivity index (χ0) is 19.9. The molecular weight excluding hydrogens is 352 g/mol. The average Bonchev–Trinajstić information content (AvgIpc) is 3.11. The van der Waals surface area contributed by atoms with E-state index in [1.54, 1.807) is 14.2 Å². The summed E-state index contributed by atoms with van der Waals surface area (Å²) in [6.45, 7) is 4.81. The third-order valence-corrected chi connectivity index (χ3v) is 6.78. The van der Waals surface area contributed by atoms with Crippen LogP contribution in [0.3, 0.4) is 0 Å². The number of likely N-dealkylation sites (tertiary alicyclic amines) is 1. The smallest absolute Gasteiger partial charge is 0.254 e. The second-order valence-electron chi connectivity index (χ2n) is 8.18. The molecule has 1 aromatic heterocycles. The fourth-order valence-electron chi connectivity index (χ4n) is 5.08. The maximum atomic E-state index is 13.7. The minimum Gasteiger partial charge on any atom is -0.381 e. The number of nitrogens with zero attached hydrogens (tertiary/aromatic N) is 2. The largest absolute Gasteiger partial charge is 0.381 e. The predicted molar refractivity (Wildman–Crippen MR) is 110 cm³/mol. The van der Waals surface area contributed by atoms with Gasteiger partial charge in [0.2, 0.25) is 0 Å². The fraction of sp³-hybridized carbons (Fsp3) is 0.565. The lowest BCUT2D eigenvalue weighted by molar-refractivity contribution is -0.0893. The molecule has 2 aromatic rings. The van der Waals surface area contributed by atoms with Gasteiger partial charge in [-0.05, 0) is 62.8 Å². The van der Waals surface area contributed by atoms with Crippen molar-refractivity contribution in [2.24, 2.45) is 0 Å². The lowest BCUT2D eigenvalue weighted by atomic mass is 9.79. The van der Waals surface area contributed by atoms with Crippen LogP contribution in [0.5, 0.6) is 0 Å². The summed E-state index contributed by atoms with van der Waals surface area (Å²) >= 11 is 0. The Bertz CT molecular complexity index is 897. The third-order valence-electron chi connectivity index (χ3n) is 6.78. The van der Waals surface area contributed by atoms with Crippen LogP contribution in [0, 0.1) is 6.92 Å². The highest BCUT2D eigenvalue weighted by Gasteiger charge is 2.52. The fourth-order valence-corrected chi connectivity index (χ4v) is 5.08. The highest BCUT2D eigenvalue weighted by molar-refractivity contribution is 6.06. The number of hydrogen-bond donors (Lipinski definition) is 0. The van der Waals surface area contributed by atoms with Gasteiger partial charge in [0.05, 0.1) is 28.8 Å². The van der Waals surface area contributed by atoms with Crippen LogP contribution in [-0.4, -0.2) is 54.3 Å². The monoisotopic (exact) mass is 382 g/mol. The second kappa shape index (κ2) is 7.45. The minimum absolute atomic E-state index is 0.0570. The molecule has 5 heteroatoms. The van der Waals surface area contributed by atoms with Crippen molar-refractivity contribution < 1.29 is 14.3 Å². The molecule has 2 aliphatic rings. The molecule has 150 valence electrons. The van der Waals surface area contributed by atoms with Gasteiger partial charge in [-0.2, -0.15) is 0 Å². The van der Waals surface area contributed by atoms with E-state index >= 15 is 0 Å². The van der Waals surface area contributed by atoms with Gasteiger partial charge in [-0.25, -0.2) is 0 Å². The van der Waals surface area contributed by atoms with Crippen molar-refractivity contribution in [1.29, 1.82) is 0 Å². The van der Waals surface area contributed by atoms with Gasteiger partial charge >= 0.3 is 0 Å². The molecule has 1 aliphatic heterocycles. The SMILES string of the molecule is CCc1ccc2nc(C)cc(C(=O)N3CC[C@]4(OC)CC[C@H](OC)C[C@H]34)c2c1. The Morgan fingerprint density at radius 3 is 2.82 bits per heavy atom. The molecule has 0 radical (unpaired) electrons. The molecule has 1 amide bonds. The zero-order valence-corrected chi connectivity index (χ0v) is 17.3. The van der Waals surface area contributed by atoms with E-state index in [0.717, 1.165) is 60.8 Å². The average molecular weight is 383 g/mol. The summed E-state index contributed by atoms with van der Waals surface area (Å²) in [6, 6.07) is 8.24. The molecule has 1 saturated heterocycles. The van der Waals surface area contributed by atoms with E-state index in [9.17, 15) is 4.79 Å². The number of aromatic nitrogens is 1. The number of aryl methyl sites for hydroxylation is 2. The van der Waals surface area contributed by atoms with E-state index in [1.807, 2.05) is 24.0 Å². The number of pyridine rings is 1. The number of carbonyl (C=O) groups is 1. The summed E-state index contributed by atoms with van der Waals surface area (Å²) in [6.07, 6.45) is 4.76. The Morgan fingerprint density at radius 1 is 1.29 bits per heavy atom. The van der Waals surface area contributed by atoms with Crippen LogP contribution < -0.4 is 0 Å². The van der Waals surface area contributed by atoms with E-state index < -0.39 is 0 Å². The molecule has 1 aliphatic carbocycles. The molecule has 4 rings (SSSR count). The number of fused-ring (bicyclic) bond motifs is 2. The number of ether oxygens (including phenoxy) is 2. The molecule has 3 atom stereocenters. The minimum atomic E-state index is -0.239. The van der Waals surface area contributed by atoms with Crippen LogP contribution in [0.15, 0.2) is 24.3 Å². The predicted octanol–water partition coefficient (Wildman–Crippen LogP) is 3.90. The van der Waals surface area contributed by atoms with Crippen molar-refractivity contribution in [2.75, 3.05) is 20.8 Å². The standard InChI is InChI=1S/C23H30N2O3/c1-5-16-6-7-20-18(13-16)19(12-15(2)24-20)22(26)25-11-10-23(28-4)9-8-17(27-3)14-21(23)25/h6-7,12-13,17,21H,5,8-11,14H2,1-4H3/t17-,21-,23+/m0/s1. The number of benzene rings is 1. The number of rotatable bonds is 4. The molecule has 5 nitrogen and oxygen atoms in total. The highest BCUT2D eigenvalue weighted by Crippen LogP contribution is 2.43. The molecule has 2 heterocycles. The van der Waals surface area contributed by atoms with Crippen LogP contribution in [0.25, 0.3) is 10.9 Å². The Kier molecular flexibility index (Phi) is 5.15. The maximum absolute atomic E-state index is 13.7. The van der Waals surface area contributed by atoms with Gasteiger partial charge in [0, 0.05) is 31.8 Å². The quantitative estimate of drug-likeness (QED) is 0.805. The molecule has 0 N–H and O–H groups in total. The Labute approximate surface area is 167 Å². The molecule has 0 unspecified atom stereocenters. The van der Waals surface area contributed by atoms with Crippen LogP contribution >= 0.6 is 0 Å². The molecule has 2 fully saturated rings. The number of hydrogen-bond acceptors (Lipinski definition) is 4. The molecule has 1 aromatic carbocycles. The van der Waals surface area contributed by atoms with Crippen molar-refractivity contribution in [3.63, 3.8) is 0 Å². The first kappa shape index (κ1) is 19.3. The maximum Gasteiger partial charge on any atom is 0.254 e. The van der Waals surface area contributed by atoms with Gasteiger partial charge in [-0.1, -0.05) is 13.0 Å². The van der Waals surface area contributed by atoms with Crippen LogP contribution in [-0.2, 0) is 15.9 Å². The van der Waals surface area contributed by atoms with Crippen LogP contribution in [0.2, 0.25) is 0 Å². The Balaban J connectivity index is 1.75. The summed E-state index contributed by atoms with van der Waals surface area (Å²) in [7, 11) is 3.55. The lowest BCUT2D eigenvalue weighted by Gasteiger charge is -2.43. The van der Waals surface area contributed by atoms with E-state index in [1.165, 1.54) is 5.56 Å². The van der Waals surface area contributed by atoms with E-state index in [0.29, 0.717) is 0 Å². The van der Waals surface area contributed by atoms with Crippen LogP contribution in [0.1, 0.15) is 54.2 Å². The highest BCUT2D eigenvalue weighted by atomic mass is 16.5. The Hall–Kier alpha value is -1.98. The van der Waals surface area contributed by atoms with Gasteiger partial charge in [-0.15, -0.1) is 0 Å². The topological polar surface area (TPSA) is 51.7 Å². The van der Waals surface area contributed by atoms with E-state index in [2.05, 4.69) is 24.0 Å². The first-order valence-electron chi connectivity index (χ1n) is 10.3. The molecule has 0 spiro atoms. The zero-order valence-electron chi connectivity index (χ0n) is 17.3. The van der Waals surface area contributed by atoms with Gasteiger partial charge in [0.15, 0.2) is 0 Å². The summed E-state index contributed by atoms with van der Waals surface area (Å²) in [5.74, 6) is 0.0874. The first-order chi connectivity index (χ1) is 13.5. The van der Waals surface area contributed by atoms with Gasteiger partial charge in [-0.3, -0.25) is 9.78 Å². The molecular formula is C23H30N2O3. The van der Waals surface area contributed by atoms with Crippen molar-refractivity contribution in [3.05, 3.63) is 41.1 Å². The number of amides is 1. The molecule has 28 heavy (non-hydrogen) atoms. The van der Waals surface area contributed by atoms with E-state index in [4.69, 9.17) is 9.47 Å². The lowest BCUT2D eigenvalue weighted by Crippen LogP contribution is -2.53. The summed E-state index contributed by atoms with van der Waals surface area (Å²) in [5, 5.41) is 0.948. The van der Waals surface area contributed by atoms with Crippen LogP contribution in [0.4, 0.5) is 0 Å². The Morgan fingerprint density at radius 2 is 2.11 bits per heavy atom. The molecule has 0 bridgehead atoms. The van der Waals surface area contributed by atoms with Crippen molar-refractivity contribution >= 4 is 16.8 Å². The second-order valence-corrected chi connectivity index (χ2v) is 8.18. The summed E-state index contributed by atoms with van der Waals surface area (Å²) in [4.78, 5) is 20.4. The number of methoxy groups -OCH3 is 2. The first-order valence-corrected chi connectivity index (χ1v) is 10.3. The van der Waals surface area contributed by atoms with Crippen molar-refractivity contribution in [2.45, 2.75) is 63.7 Å². The number of carbonyl (C=O) groups excluding carboxylic acids is 1.